The first kappa shape index (κ1) is 11.5. The highest BCUT2D eigenvalue weighted by molar-refractivity contribution is 5.90. The third-order valence-corrected chi connectivity index (χ3v) is 2.89. The molecule has 0 unspecified atom stereocenters. The van der Waals surface area contributed by atoms with Crippen LogP contribution in [0.5, 0.6) is 0 Å². The van der Waals surface area contributed by atoms with Crippen LogP contribution in [0.25, 0.3) is 0 Å². The highest BCUT2D eigenvalue weighted by Gasteiger charge is 2.36. The molecule has 0 atom stereocenters. The molecule has 4 heteroatoms. The van der Waals surface area contributed by atoms with Crippen LogP contribution in [-0.4, -0.2) is 30.9 Å². The number of hydrogen-bond donors (Lipinski definition) is 1. The molecule has 0 heterocycles. The summed E-state index contributed by atoms with van der Waals surface area (Å²) in [5.41, 5.74) is 0.613. The zero-order chi connectivity index (χ0) is 10.4. The number of methoxy groups -OCH3 is 2. The van der Waals surface area contributed by atoms with Crippen molar-refractivity contribution in [2.45, 2.75) is 44.3 Å². The summed E-state index contributed by atoms with van der Waals surface area (Å²) in [7, 11) is 3.19. The molecular formula is C10H19NO3. The van der Waals surface area contributed by atoms with Crippen molar-refractivity contribution in [1.29, 1.82) is 0 Å². The Morgan fingerprint density at radius 3 is 2.36 bits per heavy atom. The Kier molecular flexibility index (Phi) is 4.35. The van der Waals surface area contributed by atoms with Gasteiger partial charge in [-0.2, -0.15) is 0 Å². The second-order valence-corrected chi connectivity index (χ2v) is 3.62. The summed E-state index contributed by atoms with van der Waals surface area (Å²) in [4.78, 5) is 0. The molecule has 1 aliphatic rings. The van der Waals surface area contributed by atoms with Gasteiger partial charge in [0.05, 0.1) is 0 Å². The molecule has 82 valence electrons. The quantitative estimate of drug-likeness (QED) is 0.423. The molecular weight excluding hydrogens is 182 g/mol. The predicted molar refractivity (Wildman–Crippen MR) is 53.7 cm³/mol. The Balaban J connectivity index is 2.82. The lowest BCUT2D eigenvalue weighted by atomic mass is 9.93. The first-order valence-corrected chi connectivity index (χ1v) is 5.11. The van der Waals surface area contributed by atoms with E-state index in [9.17, 15) is 0 Å². The summed E-state index contributed by atoms with van der Waals surface area (Å²) < 4.78 is 10.7. The second kappa shape index (κ2) is 5.32. The first-order valence-electron chi connectivity index (χ1n) is 5.11. The van der Waals surface area contributed by atoms with Crippen LogP contribution in [0.3, 0.4) is 0 Å². The summed E-state index contributed by atoms with van der Waals surface area (Å²) in [5.74, 6) is -0.796. The Hall–Kier alpha value is -0.610. The van der Waals surface area contributed by atoms with Gasteiger partial charge in [-0.3, -0.25) is 0 Å². The Morgan fingerprint density at radius 2 is 1.79 bits per heavy atom. The Morgan fingerprint density at radius 1 is 1.14 bits per heavy atom. The van der Waals surface area contributed by atoms with Crippen LogP contribution < -0.4 is 0 Å². The predicted octanol–water partition coefficient (Wildman–Crippen LogP) is 2.16. The van der Waals surface area contributed by atoms with Gasteiger partial charge in [-0.15, -0.1) is 0 Å². The first-order chi connectivity index (χ1) is 6.79. The van der Waals surface area contributed by atoms with Crippen LogP contribution >= 0.6 is 0 Å². The normalized spacial score (nSPS) is 25.7. The minimum Gasteiger partial charge on any atom is -0.411 e. The maximum atomic E-state index is 8.93. The van der Waals surface area contributed by atoms with Crippen LogP contribution in [0, 0.1) is 0 Å². The number of oxime groups is 1. The maximum absolute atomic E-state index is 8.93. The van der Waals surface area contributed by atoms with E-state index in [1.54, 1.807) is 14.2 Å². The zero-order valence-electron chi connectivity index (χ0n) is 8.95. The molecule has 1 rings (SSSR count). The summed E-state index contributed by atoms with van der Waals surface area (Å²) in [5, 5.41) is 12.2. The van der Waals surface area contributed by atoms with E-state index >= 15 is 0 Å². The van der Waals surface area contributed by atoms with Gasteiger partial charge in [-0.25, -0.2) is 0 Å². The lowest BCUT2D eigenvalue weighted by molar-refractivity contribution is -0.161. The molecule has 0 amide bonds. The van der Waals surface area contributed by atoms with E-state index in [1.165, 1.54) is 12.8 Å². The average Bonchev–Trinajstić information content (AvgIpc) is 2.19. The van der Waals surface area contributed by atoms with Crippen molar-refractivity contribution in [3.8, 4) is 0 Å². The van der Waals surface area contributed by atoms with Crippen molar-refractivity contribution in [3.63, 3.8) is 0 Å². The molecule has 1 aliphatic carbocycles. The molecule has 0 aliphatic heterocycles. The lowest BCUT2D eigenvalue weighted by Crippen LogP contribution is -2.43. The van der Waals surface area contributed by atoms with E-state index in [0.717, 1.165) is 25.7 Å². The van der Waals surface area contributed by atoms with Gasteiger partial charge in [0.1, 0.15) is 5.71 Å². The highest BCUT2D eigenvalue weighted by Crippen LogP contribution is 2.27. The average molecular weight is 201 g/mol. The standard InChI is InChI=1S/C10H19NO3/c1-13-10(14-2)8-6-4-3-5-7-9(10)11-12/h12H,3-8H2,1-2H3/b11-9-. The fourth-order valence-electron chi connectivity index (χ4n) is 1.99. The molecule has 0 bridgehead atoms. The fraction of sp³-hybridized carbons (Fsp3) is 0.900. The number of hydrogen-bond acceptors (Lipinski definition) is 4. The summed E-state index contributed by atoms with van der Waals surface area (Å²) >= 11 is 0. The van der Waals surface area contributed by atoms with Gasteiger partial charge in [0.2, 0.25) is 5.79 Å². The van der Waals surface area contributed by atoms with Crippen molar-refractivity contribution in [3.05, 3.63) is 0 Å². The summed E-state index contributed by atoms with van der Waals surface area (Å²) in [6.07, 6.45) is 5.96. The van der Waals surface area contributed by atoms with E-state index in [4.69, 9.17) is 14.7 Å². The van der Waals surface area contributed by atoms with Crippen molar-refractivity contribution in [2.24, 2.45) is 5.16 Å². The number of ether oxygens (including phenoxy) is 2. The minimum absolute atomic E-state index is 0.613. The molecule has 0 saturated heterocycles. The lowest BCUT2D eigenvalue weighted by Gasteiger charge is -2.32. The molecule has 0 aromatic heterocycles. The van der Waals surface area contributed by atoms with E-state index in [1.807, 2.05) is 0 Å². The van der Waals surface area contributed by atoms with Crippen molar-refractivity contribution in [1.82, 2.24) is 0 Å². The second-order valence-electron chi connectivity index (χ2n) is 3.62. The zero-order valence-corrected chi connectivity index (χ0v) is 8.95. The van der Waals surface area contributed by atoms with Crippen molar-refractivity contribution in [2.75, 3.05) is 14.2 Å². The van der Waals surface area contributed by atoms with Gasteiger partial charge in [-0.05, 0) is 19.3 Å². The molecule has 4 nitrogen and oxygen atoms in total. The monoisotopic (exact) mass is 201 g/mol. The van der Waals surface area contributed by atoms with Crippen molar-refractivity contribution < 1.29 is 14.7 Å². The van der Waals surface area contributed by atoms with Crippen LogP contribution in [0.4, 0.5) is 0 Å². The molecule has 1 saturated carbocycles. The Bertz CT molecular complexity index is 200. The van der Waals surface area contributed by atoms with E-state index < -0.39 is 5.79 Å². The van der Waals surface area contributed by atoms with Gasteiger partial charge in [0.15, 0.2) is 0 Å². The van der Waals surface area contributed by atoms with Crippen LogP contribution in [0.1, 0.15) is 38.5 Å². The molecule has 14 heavy (non-hydrogen) atoms. The highest BCUT2D eigenvalue weighted by atomic mass is 16.7. The molecule has 0 spiro atoms. The molecule has 0 aromatic rings. The third-order valence-electron chi connectivity index (χ3n) is 2.89. The van der Waals surface area contributed by atoms with Gasteiger partial charge < -0.3 is 14.7 Å². The molecule has 1 N–H and O–H groups in total. The van der Waals surface area contributed by atoms with Crippen molar-refractivity contribution >= 4 is 5.71 Å². The minimum atomic E-state index is -0.796. The number of nitrogens with zero attached hydrogens (tertiary/aromatic N) is 1. The SMILES string of the molecule is COC1(OC)CCCCCC/C1=N/O. The van der Waals surface area contributed by atoms with Crippen LogP contribution in [0.2, 0.25) is 0 Å². The molecule has 0 radical (unpaired) electrons. The number of rotatable bonds is 2. The fourth-order valence-corrected chi connectivity index (χ4v) is 1.99. The van der Waals surface area contributed by atoms with E-state index in [0.29, 0.717) is 5.71 Å². The topological polar surface area (TPSA) is 51.0 Å². The van der Waals surface area contributed by atoms with Gasteiger partial charge in [-0.1, -0.05) is 18.0 Å². The van der Waals surface area contributed by atoms with Crippen LogP contribution in [-0.2, 0) is 9.47 Å². The summed E-state index contributed by atoms with van der Waals surface area (Å²) in [6, 6.07) is 0. The smallest absolute Gasteiger partial charge is 0.211 e. The van der Waals surface area contributed by atoms with Gasteiger partial charge in [0.25, 0.3) is 0 Å². The molecule has 0 aromatic carbocycles. The Labute approximate surface area is 84.9 Å². The maximum Gasteiger partial charge on any atom is 0.211 e. The van der Waals surface area contributed by atoms with E-state index in [2.05, 4.69) is 5.16 Å². The summed E-state index contributed by atoms with van der Waals surface area (Å²) in [6.45, 7) is 0. The largest absolute Gasteiger partial charge is 0.411 e. The van der Waals surface area contributed by atoms with E-state index in [-0.39, 0.29) is 0 Å². The van der Waals surface area contributed by atoms with Gasteiger partial charge in [0, 0.05) is 20.6 Å². The van der Waals surface area contributed by atoms with Crippen LogP contribution in [0.15, 0.2) is 5.16 Å². The van der Waals surface area contributed by atoms with Gasteiger partial charge >= 0.3 is 0 Å². The third kappa shape index (κ3) is 2.25. The molecule has 1 fully saturated rings.